The van der Waals surface area contributed by atoms with Crippen LogP contribution in [0.4, 0.5) is 11.5 Å². The van der Waals surface area contributed by atoms with Crippen LogP contribution in [0.3, 0.4) is 0 Å². The second kappa shape index (κ2) is 5.87. The highest BCUT2D eigenvalue weighted by atomic mass is 15.1. The van der Waals surface area contributed by atoms with Crippen molar-refractivity contribution >= 4 is 11.5 Å². The normalized spacial score (nSPS) is 18.2. The Hall–Kier alpha value is -1.29. The number of nitrogens with zero attached hydrogens (tertiary/aromatic N) is 2. The second-order valence-corrected chi connectivity index (χ2v) is 4.73. The van der Waals surface area contributed by atoms with E-state index in [1.807, 2.05) is 12.1 Å². The van der Waals surface area contributed by atoms with Gasteiger partial charge in [-0.3, -0.25) is 0 Å². The van der Waals surface area contributed by atoms with Crippen LogP contribution in [0.5, 0.6) is 0 Å². The smallest absolute Gasteiger partial charge is 0.123 e. The number of nitrogens with one attached hydrogen (secondary N) is 1. The van der Waals surface area contributed by atoms with E-state index in [-0.39, 0.29) is 0 Å². The van der Waals surface area contributed by atoms with Gasteiger partial charge in [0.25, 0.3) is 0 Å². The van der Waals surface area contributed by atoms with Crippen LogP contribution in [0, 0.1) is 5.92 Å². The molecule has 2 rings (SSSR count). The van der Waals surface area contributed by atoms with Gasteiger partial charge in [-0.25, -0.2) is 4.98 Å². The fourth-order valence-corrected chi connectivity index (χ4v) is 2.28. The summed E-state index contributed by atoms with van der Waals surface area (Å²) in [4.78, 5) is 6.59. The van der Waals surface area contributed by atoms with Crippen LogP contribution in [0.1, 0.15) is 19.8 Å². The maximum Gasteiger partial charge on any atom is 0.123 e. The summed E-state index contributed by atoms with van der Waals surface area (Å²) in [5, 5.41) is 3.44. The molecule has 3 N–H and O–H groups in total. The van der Waals surface area contributed by atoms with Gasteiger partial charge in [0.15, 0.2) is 0 Å². The highest BCUT2D eigenvalue weighted by molar-refractivity contribution is 5.45. The summed E-state index contributed by atoms with van der Waals surface area (Å²) in [7, 11) is 0. The van der Waals surface area contributed by atoms with Crippen molar-refractivity contribution in [3.8, 4) is 0 Å². The monoisotopic (exact) mass is 234 g/mol. The van der Waals surface area contributed by atoms with Gasteiger partial charge in [0.2, 0.25) is 0 Å². The van der Waals surface area contributed by atoms with E-state index in [2.05, 4.69) is 22.1 Å². The Morgan fingerprint density at radius 1 is 1.41 bits per heavy atom. The van der Waals surface area contributed by atoms with Crippen LogP contribution >= 0.6 is 0 Å². The standard InChI is InChI=1S/C13H22N4/c1-2-17-7-5-11(6-8-17)9-15-12-3-4-13(14)16-10-12/h3-4,10-11,15H,2,5-9H2,1H3,(H2,14,16). The molecule has 1 aromatic heterocycles. The minimum absolute atomic E-state index is 0.576. The molecule has 0 bridgehead atoms. The summed E-state index contributed by atoms with van der Waals surface area (Å²) in [5.74, 6) is 1.36. The maximum atomic E-state index is 5.55. The molecule has 0 saturated carbocycles. The largest absolute Gasteiger partial charge is 0.384 e. The zero-order chi connectivity index (χ0) is 12.1. The van der Waals surface area contributed by atoms with E-state index in [1.54, 1.807) is 6.20 Å². The van der Waals surface area contributed by atoms with Crippen LogP contribution in [-0.4, -0.2) is 36.1 Å². The Morgan fingerprint density at radius 3 is 2.76 bits per heavy atom. The van der Waals surface area contributed by atoms with E-state index >= 15 is 0 Å². The third-order valence-electron chi connectivity index (χ3n) is 3.54. The van der Waals surface area contributed by atoms with Crippen LogP contribution in [0.25, 0.3) is 0 Å². The van der Waals surface area contributed by atoms with Crippen LogP contribution in [0.15, 0.2) is 18.3 Å². The van der Waals surface area contributed by atoms with Crippen molar-refractivity contribution in [2.24, 2.45) is 5.92 Å². The minimum atomic E-state index is 0.576. The highest BCUT2D eigenvalue weighted by Crippen LogP contribution is 2.17. The van der Waals surface area contributed by atoms with E-state index < -0.39 is 0 Å². The molecule has 1 aromatic rings. The topological polar surface area (TPSA) is 54.2 Å². The summed E-state index contributed by atoms with van der Waals surface area (Å²) < 4.78 is 0. The molecule has 0 aromatic carbocycles. The number of hydrogen-bond donors (Lipinski definition) is 2. The quantitative estimate of drug-likeness (QED) is 0.834. The third-order valence-corrected chi connectivity index (χ3v) is 3.54. The fraction of sp³-hybridized carbons (Fsp3) is 0.615. The Kier molecular flexibility index (Phi) is 4.20. The molecule has 0 spiro atoms. The van der Waals surface area contributed by atoms with Gasteiger partial charge < -0.3 is 16.0 Å². The molecule has 0 radical (unpaired) electrons. The summed E-state index contributed by atoms with van der Waals surface area (Å²) in [5.41, 5.74) is 6.62. The van der Waals surface area contributed by atoms with Crippen LogP contribution < -0.4 is 11.1 Å². The van der Waals surface area contributed by atoms with Crippen LogP contribution in [-0.2, 0) is 0 Å². The van der Waals surface area contributed by atoms with E-state index in [0.29, 0.717) is 5.82 Å². The Morgan fingerprint density at radius 2 is 2.18 bits per heavy atom. The molecule has 1 aliphatic rings. The number of anilines is 2. The van der Waals surface area contributed by atoms with Gasteiger partial charge in [-0.15, -0.1) is 0 Å². The zero-order valence-electron chi connectivity index (χ0n) is 10.5. The first-order valence-electron chi connectivity index (χ1n) is 6.45. The molecular formula is C13H22N4. The van der Waals surface area contributed by atoms with Gasteiger partial charge in [0.05, 0.1) is 11.9 Å². The number of pyridine rings is 1. The predicted octanol–water partition coefficient (Wildman–Crippen LogP) is 1.81. The van der Waals surface area contributed by atoms with Gasteiger partial charge in [-0.05, 0) is 50.5 Å². The number of likely N-dealkylation sites (tertiary alicyclic amines) is 1. The first kappa shape index (κ1) is 12.2. The molecule has 0 aliphatic carbocycles. The van der Waals surface area contributed by atoms with Crippen molar-refractivity contribution in [3.05, 3.63) is 18.3 Å². The molecule has 0 unspecified atom stereocenters. The number of aromatic nitrogens is 1. The molecule has 4 heteroatoms. The summed E-state index contributed by atoms with van der Waals surface area (Å²) >= 11 is 0. The molecular weight excluding hydrogens is 212 g/mol. The Bertz CT molecular complexity index is 328. The second-order valence-electron chi connectivity index (χ2n) is 4.73. The van der Waals surface area contributed by atoms with Crippen molar-refractivity contribution in [1.82, 2.24) is 9.88 Å². The molecule has 0 amide bonds. The molecule has 17 heavy (non-hydrogen) atoms. The molecule has 2 heterocycles. The molecule has 4 nitrogen and oxygen atoms in total. The number of nitrogen functional groups attached to an aromatic ring is 1. The van der Waals surface area contributed by atoms with Crippen molar-refractivity contribution in [1.29, 1.82) is 0 Å². The molecule has 1 saturated heterocycles. The van der Waals surface area contributed by atoms with Gasteiger partial charge in [0, 0.05) is 6.54 Å². The van der Waals surface area contributed by atoms with Crippen molar-refractivity contribution < 1.29 is 0 Å². The third kappa shape index (κ3) is 3.60. The van der Waals surface area contributed by atoms with Gasteiger partial charge in [-0.2, -0.15) is 0 Å². The Labute approximate surface area is 103 Å². The Balaban J connectivity index is 1.74. The van der Waals surface area contributed by atoms with E-state index in [1.165, 1.54) is 32.5 Å². The average molecular weight is 234 g/mol. The zero-order valence-corrected chi connectivity index (χ0v) is 10.5. The lowest BCUT2D eigenvalue weighted by Gasteiger charge is -2.31. The number of rotatable bonds is 4. The first-order chi connectivity index (χ1) is 8.28. The maximum absolute atomic E-state index is 5.55. The average Bonchev–Trinajstić information content (AvgIpc) is 2.39. The molecule has 1 aliphatic heterocycles. The van der Waals surface area contributed by atoms with Crippen molar-refractivity contribution in [3.63, 3.8) is 0 Å². The molecule has 1 fully saturated rings. The summed E-state index contributed by atoms with van der Waals surface area (Å²) in [6, 6.07) is 3.82. The fourth-order valence-electron chi connectivity index (χ4n) is 2.28. The van der Waals surface area contributed by atoms with Gasteiger partial charge >= 0.3 is 0 Å². The highest BCUT2D eigenvalue weighted by Gasteiger charge is 2.17. The van der Waals surface area contributed by atoms with Gasteiger partial charge in [0.1, 0.15) is 5.82 Å². The SMILES string of the molecule is CCN1CCC(CNc2ccc(N)nc2)CC1. The van der Waals surface area contributed by atoms with Crippen molar-refractivity contribution in [2.45, 2.75) is 19.8 Å². The van der Waals surface area contributed by atoms with Gasteiger partial charge in [-0.1, -0.05) is 6.92 Å². The lowest BCUT2D eigenvalue weighted by Crippen LogP contribution is -2.35. The molecule has 94 valence electrons. The number of nitrogens with two attached hydrogens (primary N) is 1. The summed E-state index contributed by atoms with van der Waals surface area (Å²) in [6.45, 7) is 6.94. The number of hydrogen-bond acceptors (Lipinski definition) is 4. The van der Waals surface area contributed by atoms with E-state index in [4.69, 9.17) is 5.73 Å². The number of piperidine rings is 1. The van der Waals surface area contributed by atoms with Crippen LogP contribution in [0.2, 0.25) is 0 Å². The van der Waals surface area contributed by atoms with E-state index in [9.17, 15) is 0 Å². The van der Waals surface area contributed by atoms with Crippen molar-refractivity contribution in [2.75, 3.05) is 37.2 Å². The predicted molar refractivity (Wildman–Crippen MR) is 72.0 cm³/mol. The minimum Gasteiger partial charge on any atom is -0.384 e. The first-order valence-corrected chi connectivity index (χ1v) is 6.45. The molecule has 0 atom stereocenters. The van der Waals surface area contributed by atoms with E-state index in [0.717, 1.165) is 18.2 Å². The summed E-state index contributed by atoms with van der Waals surface area (Å²) in [6.07, 6.45) is 4.39. The lowest BCUT2D eigenvalue weighted by molar-refractivity contribution is 0.198. The lowest BCUT2D eigenvalue weighted by atomic mass is 9.97.